The van der Waals surface area contributed by atoms with Gasteiger partial charge in [-0.2, -0.15) is 4.31 Å². The van der Waals surface area contributed by atoms with Gasteiger partial charge in [0.1, 0.15) is 19.4 Å². The minimum absolute atomic E-state index is 0.179. The number of ether oxygens (including phenoxy) is 3. The molecular formula is C17H17NO5S. The van der Waals surface area contributed by atoms with Crippen molar-refractivity contribution in [2.75, 3.05) is 26.4 Å². The molecule has 2 aliphatic rings. The van der Waals surface area contributed by atoms with Crippen LogP contribution in [0, 0.1) is 0 Å². The van der Waals surface area contributed by atoms with Crippen LogP contribution in [-0.4, -0.2) is 39.1 Å². The molecule has 24 heavy (non-hydrogen) atoms. The number of hydrogen-bond donors (Lipinski definition) is 0. The van der Waals surface area contributed by atoms with Gasteiger partial charge in [0, 0.05) is 12.6 Å². The summed E-state index contributed by atoms with van der Waals surface area (Å²) in [5.74, 6) is 1.02. The molecular weight excluding hydrogens is 330 g/mol. The molecule has 2 heterocycles. The summed E-state index contributed by atoms with van der Waals surface area (Å²) in [6, 6.07) is 14.0. The Hall–Kier alpha value is -2.09. The highest BCUT2D eigenvalue weighted by Crippen LogP contribution is 2.36. The summed E-state index contributed by atoms with van der Waals surface area (Å²) in [5.41, 5.74) is 0.816. The first-order valence-corrected chi connectivity index (χ1v) is 9.18. The van der Waals surface area contributed by atoms with Gasteiger partial charge in [-0.25, -0.2) is 8.42 Å². The molecule has 0 radical (unpaired) electrons. The lowest BCUT2D eigenvalue weighted by Crippen LogP contribution is -2.31. The molecule has 4 rings (SSSR count). The zero-order chi connectivity index (χ0) is 16.6. The summed E-state index contributed by atoms with van der Waals surface area (Å²) < 4.78 is 44.1. The van der Waals surface area contributed by atoms with Crippen LogP contribution < -0.4 is 9.47 Å². The van der Waals surface area contributed by atoms with Gasteiger partial charge in [-0.05, 0) is 17.7 Å². The van der Waals surface area contributed by atoms with Gasteiger partial charge < -0.3 is 14.2 Å². The van der Waals surface area contributed by atoms with Crippen LogP contribution in [0.2, 0.25) is 0 Å². The third-order valence-corrected chi connectivity index (χ3v) is 5.90. The van der Waals surface area contributed by atoms with E-state index in [2.05, 4.69) is 0 Å². The molecule has 0 amide bonds. The molecule has 0 bridgehead atoms. The van der Waals surface area contributed by atoms with E-state index in [-0.39, 0.29) is 4.90 Å². The van der Waals surface area contributed by atoms with E-state index in [9.17, 15) is 8.42 Å². The topological polar surface area (TPSA) is 65.1 Å². The summed E-state index contributed by atoms with van der Waals surface area (Å²) in [7, 11) is -3.70. The fourth-order valence-electron chi connectivity index (χ4n) is 2.90. The van der Waals surface area contributed by atoms with Crippen molar-refractivity contribution in [1.29, 1.82) is 0 Å². The van der Waals surface area contributed by atoms with Crippen molar-refractivity contribution in [1.82, 2.24) is 4.31 Å². The van der Waals surface area contributed by atoms with E-state index < -0.39 is 16.3 Å². The summed E-state index contributed by atoms with van der Waals surface area (Å²) in [6.45, 7) is 1.56. The Morgan fingerprint density at radius 3 is 2.46 bits per heavy atom. The maximum atomic E-state index is 13.1. The van der Waals surface area contributed by atoms with E-state index in [4.69, 9.17) is 14.2 Å². The molecule has 1 fully saturated rings. The van der Waals surface area contributed by atoms with Gasteiger partial charge in [0.2, 0.25) is 10.0 Å². The summed E-state index contributed by atoms with van der Waals surface area (Å²) in [6.07, 6.45) is -0.607. The molecule has 1 atom stereocenters. The largest absolute Gasteiger partial charge is 0.486 e. The van der Waals surface area contributed by atoms with E-state index >= 15 is 0 Å². The maximum Gasteiger partial charge on any atom is 0.245 e. The quantitative estimate of drug-likeness (QED) is 0.851. The molecule has 126 valence electrons. The molecule has 7 heteroatoms. The van der Waals surface area contributed by atoms with Gasteiger partial charge in [-0.1, -0.05) is 30.3 Å². The fraction of sp³-hybridized carbons (Fsp3) is 0.294. The van der Waals surface area contributed by atoms with Crippen molar-refractivity contribution in [2.24, 2.45) is 0 Å². The second kappa shape index (κ2) is 6.08. The Morgan fingerprint density at radius 1 is 0.917 bits per heavy atom. The van der Waals surface area contributed by atoms with Gasteiger partial charge in [0.05, 0.1) is 11.5 Å². The SMILES string of the molecule is O=S(=O)(c1ccc2c(c1)OCCO2)N1CCOC1c1ccccc1. The molecule has 1 saturated heterocycles. The minimum Gasteiger partial charge on any atom is -0.486 e. The van der Waals surface area contributed by atoms with E-state index in [1.165, 1.54) is 10.4 Å². The Bertz CT molecular complexity index is 837. The zero-order valence-corrected chi connectivity index (χ0v) is 13.7. The van der Waals surface area contributed by atoms with Crippen molar-refractivity contribution in [2.45, 2.75) is 11.1 Å². The molecule has 2 aliphatic heterocycles. The van der Waals surface area contributed by atoms with Crippen molar-refractivity contribution in [3.8, 4) is 11.5 Å². The Labute approximate surface area is 140 Å². The third-order valence-electron chi connectivity index (χ3n) is 4.05. The monoisotopic (exact) mass is 347 g/mol. The van der Waals surface area contributed by atoms with Crippen LogP contribution in [0.4, 0.5) is 0 Å². The second-order valence-electron chi connectivity index (χ2n) is 5.56. The lowest BCUT2D eigenvalue weighted by molar-refractivity contribution is 0.0683. The number of hydrogen-bond acceptors (Lipinski definition) is 5. The summed E-state index contributed by atoms with van der Waals surface area (Å²) in [4.78, 5) is 0.179. The number of rotatable bonds is 3. The highest BCUT2D eigenvalue weighted by atomic mass is 32.2. The predicted octanol–water partition coefficient (Wildman–Crippen LogP) is 2.18. The zero-order valence-electron chi connectivity index (χ0n) is 12.9. The van der Waals surface area contributed by atoms with Gasteiger partial charge in [-0.3, -0.25) is 0 Å². The lowest BCUT2D eigenvalue weighted by atomic mass is 10.2. The summed E-state index contributed by atoms with van der Waals surface area (Å²) in [5, 5.41) is 0. The van der Waals surface area contributed by atoms with Crippen molar-refractivity contribution in [3.63, 3.8) is 0 Å². The molecule has 0 saturated carbocycles. The average molecular weight is 347 g/mol. The standard InChI is InChI=1S/C17H17NO5S/c19-24(20,14-6-7-15-16(12-14)22-11-10-21-15)18-8-9-23-17(18)13-4-2-1-3-5-13/h1-7,12,17H,8-11H2. The van der Waals surface area contributed by atoms with Crippen LogP contribution in [-0.2, 0) is 14.8 Å². The summed E-state index contributed by atoms with van der Waals surface area (Å²) >= 11 is 0. The second-order valence-corrected chi connectivity index (χ2v) is 7.45. The van der Waals surface area contributed by atoms with Crippen molar-refractivity contribution < 1.29 is 22.6 Å². The van der Waals surface area contributed by atoms with Gasteiger partial charge in [0.15, 0.2) is 11.5 Å². The van der Waals surface area contributed by atoms with Crippen LogP contribution in [0.5, 0.6) is 11.5 Å². The molecule has 2 aromatic carbocycles. The van der Waals surface area contributed by atoms with Crippen LogP contribution in [0.1, 0.15) is 11.8 Å². The highest BCUT2D eigenvalue weighted by molar-refractivity contribution is 7.89. The van der Waals surface area contributed by atoms with Crippen LogP contribution in [0.25, 0.3) is 0 Å². The van der Waals surface area contributed by atoms with Crippen LogP contribution in [0.15, 0.2) is 53.4 Å². The Morgan fingerprint density at radius 2 is 1.67 bits per heavy atom. The molecule has 6 nitrogen and oxygen atoms in total. The molecule has 0 spiro atoms. The number of nitrogens with zero attached hydrogens (tertiary/aromatic N) is 1. The molecule has 0 N–H and O–H groups in total. The molecule has 1 unspecified atom stereocenters. The number of fused-ring (bicyclic) bond motifs is 1. The molecule has 0 aliphatic carbocycles. The first kappa shape index (κ1) is 15.4. The Kier molecular flexibility index (Phi) is 3.91. The van der Waals surface area contributed by atoms with Gasteiger partial charge in [-0.15, -0.1) is 0 Å². The van der Waals surface area contributed by atoms with Crippen molar-refractivity contribution in [3.05, 3.63) is 54.1 Å². The minimum atomic E-state index is -3.70. The fourth-order valence-corrected chi connectivity index (χ4v) is 4.42. The van der Waals surface area contributed by atoms with Crippen LogP contribution >= 0.6 is 0 Å². The number of sulfonamides is 1. The van der Waals surface area contributed by atoms with Crippen molar-refractivity contribution >= 4 is 10.0 Å². The van der Waals surface area contributed by atoms with E-state index in [0.29, 0.717) is 37.9 Å². The van der Waals surface area contributed by atoms with Crippen LogP contribution in [0.3, 0.4) is 0 Å². The first-order valence-electron chi connectivity index (χ1n) is 7.74. The third kappa shape index (κ3) is 2.64. The van der Waals surface area contributed by atoms with Gasteiger partial charge >= 0.3 is 0 Å². The maximum absolute atomic E-state index is 13.1. The molecule has 2 aromatic rings. The lowest BCUT2D eigenvalue weighted by Gasteiger charge is -2.24. The van der Waals surface area contributed by atoms with E-state index in [0.717, 1.165) is 5.56 Å². The highest BCUT2D eigenvalue weighted by Gasteiger charge is 2.37. The smallest absolute Gasteiger partial charge is 0.245 e. The normalized spacial score (nSPS) is 20.9. The van der Waals surface area contributed by atoms with Gasteiger partial charge in [0.25, 0.3) is 0 Å². The first-order chi connectivity index (χ1) is 11.7. The van der Waals surface area contributed by atoms with E-state index in [1.807, 2.05) is 30.3 Å². The average Bonchev–Trinajstić information content (AvgIpc) is 3.13. The number of benzene rings is 2. The molecule has 0 aromatic heterocycles. The Balaban J connectivity index is 1.69. The predicted molar refractivity (Wildman–Crippen MR) is 86.5 cm³/mol. The van der Waals surface area contributed by atoms with E-state index in [1.54, 1.807) is 12.1 Å².